The molecule has 0 aromatic heterocycles. The summed E-state index contributed by atoms with van der Waals surface area (Å²) in [5, 5.41) is 5.11. The third-order valence-corrected chi connectivity index (χ3v) is 6.19. The van der Waals surface area contributed by atoms with E-state index >= 15 is 0 Å². The lowest BCUT2D eigenvalue weighted by Crippen LogP contribution is -2.50. The van der Waals surface area contributed by atoms with E-state index in [1.165, 1.54) is 11.8 Å². The second-order valence-corrected chi connectivity index (χ2v) is 8.40. The number of benzene rings is 1. The molecule has 9 nitrogen and oxygen atoms in total. The molecule has 1 aromatic carbocycles. The molecule has 32 heavy (non-hydrogen) atoms. The molecular weight excluding hydrogens is 434 g/mol. The van der Waals surface area contributed by atoms with Crippen molar-refractivity contribution in [3.05, 3.63) is 41.1 Å². The quantitative estimate of drug-likeness (QED) is 0.450. The van der Waals surface area contributed by atoms with Gasteiger partial charge in [-0.2, -0.15) is 0 Å². The van der Waals surface area contributed by atoms with Gasteiger partial charge in [0.2, 0.25) is 5.91 Å². The van der Waals surface area contributed by atoms with E-state index in [1.807, 2.05) is 4.90 Å². The number of hydrogen-bond acceptors (Lipinski definition) is 7. The topological polar surface area (TPSA) is 114 Å². The van der Waals surface area contributed by atoms with Gasteiger partial charge in [-0.1, -0.05) is 12.1 Å². The molecule has 1 saturated heterocycles. The summed E-state index contributed by atoms with van der Waals surface area (Å²) in [7, 11) is 0. The first-order valence-corrected chi connectivity index (χ1v) is 11.5. The number of carbonyl (C=O) groups is 4. The number of nitrogens with one attached hydrogen (secondary N) is 2. The number of amides is 3. The van der Waals surface area contributed by atoms with Crippen LogP contribution in [0.15, 0.2) is 40.4 Å². The Kier molecular flexibility index (Phi) is 8.15. The normalized spacial score (nSPS) is 18.1. The van der Waals surface area contributed by atoms with Gasteiger partial charge < -0.3 is 25.0 Å². The fourth-order valence-electron chi connectivity index (χ4n) is 3.57. The number of hydrogen-bond donors (Lipinski definition) is 2. The van der Waals surface area contributed by atoms with Crippen LogP contribution in [0, 0.1) is 0 Å². The van der Waals surface area contributed by atoms with E-state index in [0.29, 0.717) is 10.5 Å². The number of thioether (sulfide) groups is 1. The van der Waals surface area contributed by atoms with Crippen LogP contribution in [0.2, 0.25) is 0 Å². The summed E-state index contributed by atoms with van der Waals surface area (Å²) in [6.45, 7) is 4.77. The van der Waals surface area contributed by atoms with Crippen molar-refractivity contribution in [2.24, 2.45) is 0 Å². The third-order valence-electron chi connectivity index (χ3n) is 5.13. The average molecular weight is 462 g/mol. The Labute approximate surface area is 190 Å². The first-order valence-electron chi connectivity index (χ1n) is 10.5. The molecule has 2 heterocycles. The Balaban J connectivity index is 1.68. The number of carbonyl (C=O) groups excluding carboxylic acids is 4. The van der Waals surface area contributed by atoms with E-state index in [4.69, 9.17) is 9.47 Å². The minimum Gasteiger partial charge on any atom is -0.463 e. The van der Waals surface area contributed by atoms with Crippen molar-refractivity contribution in [2.75, 3.05) is 32.1 Å². The molecule has 0 bridgehead atoms. The van der Waals surface area contributed by atoms with E-state index in [-0.39, 0.29) is 36.1 Å². The van der Waals surface area contributed by atoms with Crippen LogP contribution in [0.3, 0.4) is 0 Å². The number of ether oxygens (including phenoxy) is 2. The molecule has 1 aromatic rings. The summed E-state index contributed by atoms with van der Waals surface area (Å²) >= 11 is 1.29. The van der Waals surface area contributed by atoms with E-state index < -0.39 is 24.0 Å². The first kappa shape index (κ1) is 23.6. The molecule has 1 fully saturated rings. The SMILES string of the molecule is CCOC(=O)C1=C(COC(=O)c2ccccc2SCC(=O)N2CCCC2)NC(=O)NC1C. The van der Waals surface area contributed by atoms with Crippen molar-refractivity contribution in [1.29, 1.82) is 0 Å². The fraction of sp³-hybridized carbons (Fsp3) is 0.455. The van der Waals surface area contributed by atoms with Crippen LogP contribution >= 0.6 is 11.8 Å². The van der Waals surface area contributed by atoms with Gasteiger partial charge >= 0.3 is 18.0 Å². The summed E-state index contributed by atoms with van der Waals surface area (Å²) in [5.74, 6) is -0.916. The van der Waals surface area contributed by atoms with Crippen molar-refractivity contribution in [2.45, 2.75) is 37.6 Å². The maximum atomic E-state index is 12.8. The molecule has 1 atom stereocenters. The van der Waals surface area contributed by atoms with Crippen molar-refractivity contribution in [3.63, 3.8) is 0 Å². The summed E-state index contributed by atoms with van der Waals surface area (Å²) in [6.07, 6.45) is 2.04. The molecule has 2 N–H and O–H groups in total. The molecule has 0 spiro atoms. The van der Waals surface area contributed by atoms with Crippen molar-refractivity contribution in [3.8, 4) is 0 Å². The predicted octanol–water partition coefficient (Wildman–Crippen LogP) is 2.08. The van der Waals surface area contributed by atoms with Gasteiger partial charge in [0.25, 0.3) is 0 Å². The number of urea groups is 1. The highest BCUT2D eigenvalue weighted by atomic mass is 32.2. The Hall–Kier alpha value is -3.01. The van der Waals surface area contributed by atoms with Gasteiger partial charge in [0, 0.05) is 18.0 Å². The Morgan fingerprint density at radius 2 is 1.84 bits per heavy atom. The standard InChI is InChI=1S/C22H27N3O6S/c1-3-30-21(28)19-14(2)23-22(29)24-16(19)12-31-20(27)15-8-4-5-9-17(15)32-13-18(26)25-10-6-7-11-25/h4-5,8-9,14H,3,6-7,10-13H2,1-2H3,(H2,23,24,29). The number of nitrogens with zero attached hydrogens (tertiary/aromatic N) is 1. The zero-order chi connectivity index (χ0) is 23.1. The van der Waals surface area contributed by atoms with Crippen molar-refractivity contribution >= 4 is 35.6 Å². The van der Waals surface area contributed by atoms with Gasteiger partial charge in [-0.15, -0.1) is 11.8 Å². The predicted molar refractivity (Wildman–Crippen MR) is 118 cm³/mol. The molecular formula is C22H27N3O6S. The minimum absolute atomic E-state index is 0.0475. The van der Waals surface area contributed by atoms with Crippen LogP contribution in [0.25, 0.3) is 0 Å². The molecule has 0 saturated carbocycles. The molecule has 2 aliphatic rings. The summed E-state index contributed by atoms with van der Waals surface area (Å²) < 4.78 is 10.5. The highest BCUT2D eigenvalue weighted by Gasteiger charge is 2.30. The summed E-state index contributed by atoms with van der Waals surface area (Å²) in [5.41, 5.74) is 0.707. The lowest BCUT2D eigenvalue weighted by molar-refractivity contribution is -0.139. The van der Waals surface area contributed by atoms with Crippen LogP contribution in [-0.2, 0) is 19.1 Å². The fourth-order valence-corrected chi connectivity index (χ4v) is 4.51. The maximum absolute atomic E-state index is 12.8. The summed E-state index contributed by atoms with van der Waals surface area (Å²) in [4.78, 5) is 51.7. The van der Waals surface area contributed by atoms with Crippen LogP contribution in [0.1, 0.15) is 37.0 Å². The van der Waals surface area contributed by atoms with E-state index in [1.54, 1.807) is 38.1 Å². The zero-order valence-corrected chi connectivity index (χ0v) is 19.0. The van der Waals surface area contributed by atoms with E-state index in [9.17, 15) is 19.2 Å². The van der Waals surface area contributed by atoms with Crippen molar-refractivity contribution in [1.82, 2.24) is 15.5 Å². The lowest BCUT2D eigenvalue weighted by atomic mass is 10.0. The Bertz CT molecular complexity index is 926. The van der Waals surface area contributed by atoms with Crippen molar-refractivity contribution < 1.29 is 28.7 Å². The van der Waals surface area contributed by atoms with Crippen LogP contribution in [0.5, 0.6) is 0 Å². The second kappa shape index (κ2) is 11.0. The zero-order valence-electron chi connectivity index (χ0n) is 18.1. The van der Waals surface area contributed by atoms with Crippen LogP contribution in [-0.4, -0.2) is 66.9 Å². The average Bonchev–Trinajstić information content (AvgIpc) is 3.31. The molecule has 0 aliphatic carbocycles. The van der Waals surface area contributed by atoms with Gasteiger partial charge in [-0.05, 0) is 38.8 Å². The molecule has 10 heteroatoms. The van der Waals surface area contributed by atoms with Crippen LogP contribution < -0.4 is 10.6 Å². The van der Waals surface area contributed by atoms with Gasteiger partial charge in [-0.25, -0.2) is 14.4 Å². The largest absolute Gasteiger partial charge is 0.463 e. The number of esters is 2. The first-order chi connectivity index (χ1) is 15.4. The molecule has 3 amide bonds. The Morgan fingerprint density at radius 1 is 1.12 bits per heavy atom. The van der Waals surface area contributed by atoms with Gasteiger partial charge in [0.1, 0.15) is 6.61 Å². The Morgan fingerprint density at radius 3 is 2.56 bits per heavy atom. The van der Waals surface area contributed by atoms with Gasteiger partial charge in [0.15, 0.2) is 0 Å². The molecule has 3 rings (SSSR count). The second-order valence-electron chi connectivity index (χ2n) is 7.38. The van der Waals surface area contributed by atoms with Gasteiger partial charge in [0.05, 0.1) is 35.2 Å². The molecule has 0 radical (unpaired) electrons. The molecule has 2 aliphatic heterocycles. The number of rotatable bonds is 8. The smallest absolute Gasteiger partial charge is 0.339 e. The highest BCUT2D eigenvalue weighted by molar-refractivity contribution is 8.00. The van der Waals surface area contributed by atoms with Crippen LogP contribution in [0.4, 0.5) is 4.79 Å². The minimum atomic E-state index is -0.613. The maximum Gasteiger partial charge on any atom is 0.339 e. The molecule has 1 unspecified atom stereocenters. The van der Waals surface area contributed by atoms with Gasteiger partial charge in [-0.3, -0.25) is 4.79 Å². The lowest BCUT2D eigenvalue weighted by Gasteiger charge is -2.26. The highest BCUT2D eigenvalue weighted by Crippen LogP contribution is 2.25. The van der Waals surface area contributed by atoms with E-state index in [2.05, 4.69) is 10.6 Å². The number of likely N-dealkylation sites (tertiary alicyclic amines) is 1. The van der Waals surface area contributed by atoms with E-state index in [0.717, 1.165) is 25.9 Å². The monoisotopic (exact) mass is 461 g/mol. The summed E-state index contributed by atoms with van der Waals surface area (Å²) in [6, 6.07) is 5.80. The third kappa shape index (κ3) is 5.82. The molecule has 172 valence electrons.